The first kappa shape index (κ1) is 11.2. The van der Waals surface area contributed by atoms with Gasteiger partial charge in [-0.1, -0.05) is 18.2 Å². The summed E-state index contributed by atoms with van der Waals surface area (Å²) in [5.74, 6) is 0.817. The third-order valence-electron chi connectivity index (χ3n) is 4.06. The lowest BCUT2D eigenvalue weighted by molar-refractivity contribution is -0.0493. The van der Waals surface area contributed by atoms with Crippen molar-refractivity contribution >= 4 is 0 Å². The Hall–Kier alpha value is -0.860. The van der Waals surface area contributed by atoms with Gasteiger partial charge < -0.3 is 10.1 Å². The van der Waals surface area contributed by atoms with E-state index in [0.717, 1.165) is 19.0 Å². The fourth-order valence-corrected chi connectivity index (χ4v) is 2.57. The standard InChI is InChI=1S/C15H21NO/c1-10-3-4-13(7-11(10)2)15-9-16-8-14(17-15)12-5-6-12/h3-4,7,12,14-16H,5-6,8-9H2,1-2H3. The van der Waals surface area contributed by atoms with E-state index in [1.54, 1.807) is 0 Å². The summed E-state index contributed by atoms with van der Waals surface area (Å²) in [5.41, 5.74) is 4.04. The summed E-state index contributed by atoms with van der Waals surface area (Å²) >= 11 is 0. The maximum Gasteiger partial charge on any atom is 0.0953 e. The van der Waals surface area contributed by atoms with Crippen LogP contribution in [-0.2, 0) is 4.74 Å². The summed E-state index contributed by atoms with van der Waals surface area (Å²) in [4.78, 5) is 0. The van der Waals surface area contributed by atoms with Crippen molar-refractivity contribution in [2.45, 2.75) is 38.9 Å². The van der Waals surface area contributed by atoms with Crippen molar-refractivity contribution in [2.75, 3.05) is 13.1 Å². The molecule has 1 N–H and O–H groups in total. The highest BCUT2D eigenvalue weighted by Gasteiger charge is 2.35. The lowest BCUT2D eigenvalue weighted by Crippen LogP contribution is -2.41. The number of benzene rings is 1. The number of rotatable bonds is 2. The van der Waals surface area contributed by atoms with Crippen molar-refractivity contribution in [3.05, 3.63) is 34.9 Å². The van der Waals surface area contributed by atoms with Crippen LogP contribution in [0.15, 0.2) is 18.2 Å². The SMILES string of the molecule is Cc1ccc(C2CNCC(C3CC3)O2)cc1C. The Morgan fingerprint density at radius 2 is 1.94 bits per heavy atom. The number of aryl methyl sites for hydroxylation is 2. The molecule has 1 aromatic rings. The molecule has 2 heteroatoms. The van der Waals surface area contributed by atoms with Crippen LogP contribution in [0.3, 0.4) is 0 Å². The molecule has 1 aliphatic carbocycles. The van der Waals surface area contributed by atoms with Gasteiger partial charge in [0.15, 0.2) is 0 Å². The fraction of sp³-hybridized carbons (Fsp3) is 0.600. The van der Waals surface area contributed by atoms with Crippen molar-refractivity contribution in [1.82, 2.24) is 5.32 Å². The topological polar surface area (TPSA) is 21.3 Å². The van der Waals surface area contributed by atoms with E-state index in [1.165, 1.54) is 29.5 Å². The molecule has 0 radical (unpaired) electrons. The molecule has 2 unspecified atom stereocenters. The Kier molecular flexibility index (Phi) is 2.93. The summed E-state index contributed by atoms with van der Waals surface area (Å²) in [6.07, 6.45) is 3.39. The smallest absolute Gasteiger partial charge is 0.0953 e. The van der Waals surface area contributed by atoms with Crippen molar-refractivity contribution in [1.29, 1.82) is 0 Å². The zero-order valence-corrected chi connectivity index (χ0v) is 10.7. The highest BCUT2D eigenvalue weighted by molar-refractivity contribution is 5.31. The lowest BCUT2D eigenvalue weighted by atomic mass is 10.0. The Bertz CT molecular complexity index is 411. The summed E-state index contributed by atoms with van der Waals surface area (Å²) in [5, 5.41) is 3.51. The van der Waals surface area contributed by atoms with E-state index in [1.807, 2.05) is 0 Å². The summed E-state index contributed by atoms with van der Waals surface area (Å²) in [6.45, 7) is 6.32. The van der Waals surface area contributed by atoms with Gasteiger partial charge in [-0.25, -0.2) is 0 Å². The first-order chi connectivity index (χ1) is 8.24. The molecule has 0 spiro atoms. The van der Waals surface area contributed by atoms with Gasteiger partial charge in [-0.2, -0.15) is 0 Å². The van der Waals surface area contributed by atoms with E-state index in [9.17, 15) is 0 Å². The summed E-state index contributed by atoms with van der Waals surface area (Å²) < 4.78 is 6.23. The van der Waals surface area contributed by atoms with E-state index in [-0.39, 0.29) is 6.10 Å². The van der Waals surface area contributed by atoms with Crippen LogP contribution in [0.1, 0.15) is 35.6 Å². The fourth-order valence-electron chi connectivity index (χ4n) is 2.57. The first-order valence-corrected chi connectivity index (χ1v) is 6.67. The molecule has 92 valence electrons. The molecule has 3 rings (SSSR count). The van der Waals surface area contributed by atoms with Crippen molar-refractivity contribution in [3.63, 3.8) is 0 Å². The average Bonchev–Trinajstić information content (AvgIpc) is 3.17. The van der Waals surface area contributed by atoms with Crippen LogP contribution in [0.2, 0.25) is 0 Å². The minimum Gasteiger partial charge on any atom is -0.367 e. The van der Waals surface area contributed by atoms with Gasteiger partial charge in [0.05, 0.1) is 12.2 Å². The maximum atomic E-state index is 6.23. The molecule has 1 saturated heterocycles. The van der Waals surface area contributed by atoms with Crippen LogP contribution in [0.25, 0.3) is 0 Å². The second-order valence-corrected chi connectivity index (χ2v) is 5.50. The highest BCUT2D eigenvalue weighted by Crippen LogP contribution is 2.37. The largest absolute Gasteiger partial charge is 0.367 e. The molecule has 1 heterocycles. The molecule has 2 nitrogen and oxygen atoms in total. The zero-order chi connectivity index (χ0) is 11.8. The molecule has 2 atom stereocenters. The van der Waals surface area contributed by atoms with E-state index in [2.05, 4.69) is 37.4 Å². The molecule has 1 saturated carbocycles. The van der Waals surface area contributed by atoms with Gasteiger partial charge in [-0.05, 0) is 49.3 Å². The zero-order valence-electron chi connectivity index (χ0n) is 10.7. The van der Waals surface area contributed by atoms with Gasteiger partial charge in [0.25, 0.3) is 0 Å². The minimum absolute atomic E-state index is 0.244. The molecular weight excluding hydrogens is 210 g/mol. The van der Waals surface area contributed by atoms with Gasteiger partial charge >= 0.3 is 0 Å². The van der Waals surface area contributed by atoms with Gasteiger partial charge in [0.2, 0.25) is 0 Å². The maximum absolute atomic E-state index is 6.23. The Balaban J connectivity index is 1.75. The van der Waals surface area contributed by atoms with Crippen LogP contribution in [-0.4, -0.2) is 19.2 Å². The number of ether oxygens (including phenoxy) is 1. The molecule has 17 heavy (non-hydrogen) atoms. The van der Waals surface area contributed by atoms with Crippen LogP contribution in [0, 0.1) is 19.8 Å². The first-order valence-electron chi connectivity index (χ1n) is 6.67. The van der Waals surface area contributed by atoms with Crippen molar-refractivity contribution < 1.29 is 4.74 Å². The second-order valence-electron chi connectivity index (χ2n) is 5.50. The number of hydrogen-bond donors (Lipinski definition) is 1. The molecule has 2 fully saturated rings. The second kappa shape index (κ2) is 4.43. The number of morpholine rings is 1. The van der Waals surface area contributed by atoms with E-state index in [0.29, 0.717) is 6.10 Å². The molecule has 1 aromatic carbocycles. The summed E-state index contributed by atoms with van der Waals surface area (Å²) in [7, 11) is 0. The third-order valence-corrected chi connectivity index (χ3v) is 4.06. The van der Waals surface area contributed by atoms with Gasteiger partial charge in [0, 0.05) is 13.1 Å². The average molecular weight is 231 g/mol. The molecule has 2 aliphatic rings. The van der Waals surface area contributed by atoms with Gasteiger partial charge in [0.1, 0.15) is 0 Å². The van der Waals surface area contributed by atoms with E-state index in [4.69, 9.17) is 4.74 Å². The Labute approximate surface area is 103 Å². The number of hydrogen-bond acceptors (Lipinski definition) is 2. The van der Waals surface area contributed by atoms with Crippen molar-refractivity contribution in [2.24, 2.45) is 5.92 Å². The van der Waals surface area contributed by atoms with Crippen LogP contribution in [0.5, 0.6) is 0 Å². The monoisotopic (exact) mass is 231 g/mol. The minimum atomic E-state index is 0.244. The molecule has 0 bridgehead atoms. The van der Waals surface area contributed by atoms with Crippen LogP contribution in [0.4, 0.5) is 0 Å². The Morgan fingerprint density at radius 1 is 1.12 bits per heavy atom. The van der Waals surface area contributed by atoms with E-state index >= 15 is 0 Å². The molecule has 1 aliphatic heterocycles. The van der Waals surface area contributed by atoms with Crippen molar-refractivity contribution in [3.8, 4) is 0 Å². The predicted octanol–water partition coefficient (Wildman–Crippen LogP) is 2.74. The lowest BCUT2D eigenvalue weighted by Gasteiger charge is -2.31. The number of nitrogens with one attached hydrogen (secondary N) is 1. The van der Waals surface area contributed by atoms with Gasteiger partial charge in [-0.15, -0.1) is 0 Å². The highest BCUT2D eigenvalue weighted by atomic mass is 16.5. The summed E-state index contributed by atoms with van der Waals surface area (Å²) in [6, 6.07) is 6.69. The van der Waals surface area contributed by atoms with Crippen LogP contribution >= 0.6 is 0 Å². The van der Waals surface area contributed by atoms with Crippen LogP contribution < -0.4 is 5.32 Å². The third kappa shape index (κ3) is 2.38. The predicted molar refractivity (Wildman–Crippen MR) is 69.1 cm³/mol. The Morgan fingerprint density at radius 3 is 2.65 bits per heavy atom. The molecule has 0 aromatic heterocycles. The molecular formula is C15H21NO. The van der Waals surface area contributed by atoms with E-state index < -0.39 is 0 Å². The van der Waals surface area contributed by atoms with Gasteiger partial charge in [-0.3, -0.25) is 0 Å². The quantitative estimate of drug-likeness (QED) is 0.845. The normalized spacial score (nSPS) is 29.3. The molecule has 0 amide bonds.